The summed E-state index contributed by atoms with van der Waals surface area (Å²) in [6.07, 6.45) is -0.0538. The maximum absolute atomic E-state index is 13.7. The Labute approximate surface area is 116 Å². The average Bonchev–Trinajstić information content (AvgIpc) is 2.80. The third-order valence-corrected chi connectivity index (χ3v) is 2.86. The summed E-state index contributed by atoms with van der Waals surface area (Å²) in [6, 6.07) is 3.08. The van der Waals surface area contributed by atoms with E-state index in [0.717, 1.165) is 16.8 Å². The minimum absolute atomic E-state index is 0.0763. The lowest BCUT2D eigenvalue weighted by atomic mass is 10.1. The number of benzene rings is 1. The minimum atomic E-state index is -2.57. The second-order valence-electron chi connectivity index (χ2n) is 4.31. The smallest absolute Gasteiger partial charge is 0.241 e. The van der Waals surface area contributed by atoms with Gasteiger partial charge in [0.05, 0.1) is 18.1 Å². The molecule has 0 saturated heterocycles. The van der Waals surface area contributed by atoms with Crippen LogP contribution in [0, 0.1) is 11.6 Å². The lowest BCUT2D eigenvalue weighted by Gasteiger charge is -2.04. The van der Waals surface area contributed by atoms with Gasteiger partial charge in [-0.15, -0.1) is 0 Å². The third-order valence-electron chi connectivity index (χ3n) is 2.86. The topological polar surface area (TPSA) is 43.6 Å². The Kier molecular flexibility index (Phi) is 3.28. The van der Waals surface area contributed by atoms with Gasteiger partial charge in [0.1, 0.15) is 23.7 Å². The van der Waals surface area contributed by atoms with Crippen molar-refractivity contribution in [1.82, 2.24) is 19.7 Å². The molecule has 0 atom stereocenters. The quantitative estimate of drug-likeness (QED) is 0.698. The summed E-state index contributed by atoms with van der Waals surface area (Å²) in [5.41, 5.74) is 0.697. The summed E-state index contributed by atoms with van der Waals surface area (Å²) in [5, 5.41) is 3.76. The molecule has 0 aliphatic carbocycles. The van der Waals surface area contributed by atoms with E-state index < -0.39 is 24.6 Å². The summed E-state index contributed by atoms with van der Waals surface area (Å²) in [6.45, 7) is -0.595. The summed E-state index contributed by atoms with van der Waals surface area (Å²) in [7, 11) is 0. The van der Waals surface area contributed by atoms with Crippen LogP contribution in [0.15, 0.2) is 30.6 Å². The Morgan fingerprint density at radius 3 is 2.67 bits per heavy atom. The van der Waals surface area contributed by atoms with E-state index in [9.17, 15) is 17.6 Å². The van der Waals surface area contributed by atoms with Gasteiger partial charge in [0.15, 0.2) is 5.65 Å². The predicted octanol–water partition coefficient (Wildman–Crippen LogP) is 3.04. The Morgan fingerprint density at radius 2 is 1.95 bits per heavy atom. The zero-order chi connectivity index (χ0) is 15.0. The molecule has 3 rings (SSSR count). The second-order valence-corrected chi connectivity index (χ2v) is 4.31. The number of hydrogen-bond acceptors (Lipinski definition) is 3. The first-order chi connectivity index (χ1) is 10.0. The van der Waals surface area contributed by atoms with Crippen molar-refractivity contribution in [3.8, 4) is 11.3 Å². The fourth-order valence-electron chi connectivity index (χ4n) is 1.95. The molecular formula is C13H8F4N4. The van der Waals surface area contributed by atoms with Crippen LogP contribution in [0.3, 0.4) is 0 Å². The summed E-state index contributed by atoms with van der Waals surface area (Å²) >= 11 is 0. The van der Waals surface area contributed by atoms with Crippen molar-refractivity contribution in [3.05, 3.63) is 42.2 Å². The van der Waals surface area contributed by atoms with E-state index in [4.69, 9.17) is 0 Å². The monoisotopic (exact) mass is 296 g/mol. The highest BCUT2D eigenvalue weighted by Crippen LogP contribution is 2.23. The van der Waals surface area contributed by atoms with E-state index in [1.807, 2.05) is 0 Å². The second kappa shape index (κ2) is 5.12. The highest BCUT2D eigenvalue weighted by molar-refractivity contribution is 5.73. The largest absolute Gasteiger partial charge is 0.258 e. The molecule has 0 aliphatic rings. The predicted molar refractivity (Wildman–Crippen MR) is 66.7 cm³/mol. The number of rotatable bonds is 3. The van der Waals surface area contributed by atoms with Crippen molar-refractivity contribution in [3.63, 3.8) is 0 Å². The highest BCUT2D eigenvalue weighted by Gasteiger charge is 2.13. The average molecular weight is 296 g/mol. The van der Waals surface area contributed by atoms with Gasteiger partial charge in [-0.1, -0.05) is 0 Å². The standard InChI is InChI=1S/C13H8F4N4/c14-7-1-2-8(9(15)3-7)10-4-18-13-11(20-10)5-19-21(13)6-12(16)17/h1-5,12H,6H2. The van der Waals surface area contributed by atoms with Gasteiger partial charge in [-0.25, -0.2) is 32.2 Å². The van der Waals surface area contributed by atoms with E-state index in [1.165, 1.54) is 18.5 Å². The molecule has 21 heavy (non-hydrogen) atoms. The van der Waals surface area contributed by atoms with Crippen LogP contribution in [-0.2, 0) is 6.54 Å². The molecule has 0 spiro atoms. The molecule has 0 fully saturated rings. The van der Waals surface area contributed by atoms with Crippen LogP contribution in [0.1, 0.15) is 0 Å². The molecule has 108 valence electrons. The number of halogens is 4. The fraction of sp³-hybridized carbons (Fsp3) is 0.154. The van der Waals surface area contributed by atoms with Crippen molar-refractivity contribution >= 4 is 11.2 Å². The van der Waals surface area contributed by atoms with Crippen LogP contribution in [0.25, 0.3) is 22.4 Å². The van der Waals surface area contributed by atoms with Gasteiger partial charge < -0.3 is 0 Å². The zero-order valence-corrected chi connectivity index (χ0v) is 10.5. The van der Waals surface area contributed by atoms with Crippen molar-refractivity contribution in [2.24, 2.45) is 0 Å². The number of aromatic nitrogens is 4. The van der Waals surface area contributed by atoms with Crippen molar-refractivity contribution in [2.75, 3.05) is 0 Å². The van der Waals surface area contributed by atoms with Crippen LogP contribution in [-0.4, -0.2) is 26.2 Å². The molecule has 0 amide bonds. The van der Waals surface area contributed by atoms with Gasteiger partial charge in [-0.3, -0.25) is 0 Å². The van der Waals surface area contributed by atoms with Crippen LogP contribution in [0.5, 0.6) is 0 Å². The molecule has 4 nitrogen and oxygen atoms in total. The minimum Gasteiger partial charge on any atom is -0.241 e. The van der Waals surface area contributed by atoms with Gasteiger partial charge in [0.2, 0.25) is 0 Å². The fourth-order valence-corrected chi connectivity index (χ4v) is 1.95. The lowest BCUT2D eigenvalue weighted by molar-refractivity contribution is 0.123. The van der Waals surface area contributed by atoms with E-state index in [0.29, 0.717) is 0 Å². The van der Waals surface area contributed by atoms with Crippen LogP contribution < -0.4 is 0 Å². The first kappa shape index (κ1) is 13.5. The number of alkyl halides is 2. The van der Waals surface area contributed by atoms with Crippen molar-refractivity contribution in [2.45, 2.75) is 13.0 Å². The lowest BCUT2D eigenvalue weighted by Crippen LogP contribution is -2.08. The molecule has 0 saturated carbocycles. The molecule has 0 aliphatic heterocycles. The van der Waals surface area contributed by atoms with Crippen LogP contribution in [0.4, 0.5) is 17.6 Å². The maximum atomic E-state index is 13.7. The molecule has 2 aromatic heterocycles. The highest BCUT2D eigenvalue weighted by atomic mass is 19.3. The summed E-state index contributed by atoms with van der Waals surface area (Å²) < 4.78 is 52.3. The van der Waals surface area contributed by atoms with E-state index in [-0.39, 0.29) is 22.4 Å². The van der Waals surface area contributed by atoms with Gasteiger partial charge in [0.25, 0.3) is 6.43 Å². The van der Waals surface area contributed by atoms with E-state index in [1.54, 1.807) is 0 Å². The molecule has 0 unspecified atom stereocenters. The van der Waals surface area contributed by atoms with Gasteiger partial charge in [-0.2, -0.15) is 5.10 Å². The molecule has 1 aromatic carbocycles. The Morgan fingerprint density at radius 1 is 1.14 bits per heavy atom. The Bertz CT molecular complexity index is 800. The molecule has 2 heterocycles. The zero-order valence-electron chi connectivity index (χ0n) is 10.5. The molecule has 0 radical (unpaired) electrons. The third kappa shape index (κ3) is 2.56. The van der Waals surface area contributed by atoms with Gasteiger partial charge in [0, 0.05) is 11.6 Å². The summed E-state index contributed by atoms with van der Waals surface area (Å²) in [5.74, 6) is -1.47. The summed E-state index contributed by atoms with van der Waals surface area (Å²) in [4.78, 5) is 8.09. The van der Waals surface area contributed by atoms with Gasteiger partial charge >= 0.3 is 0 Å². The Balaban J connectivity index is 2.05. The van der Waals surface area contributed by atoms with Gasteiger partial charge in [-0.05, 0) is 12.1 Å². The number of nitrogens with zero attached hydrogens (tertiary/aromatic N) is 4. The van der Waals surface area contributed by atoms with Crippen LogP contribution >= 0.6 is 0 Å². The van der Waals surface area contributed by atoms with Crippen LogP contribution in [0.2, 0.25) is 0 Å². The maximum Gasteiger partial charge on any atom is 0.258 e. The number of hydrogen-bond donors (Lipinski definition) is 0. The normalized spacial score (nSPS) is 11.5. The number of fused-ring (bicyclic) bond motifs is 1. The van der Waals surface area contributed by atoms with Crippen molar-refractivity contribution in [1.29, 1.82) is 0 Å². The molecule has 0 bridgehead atoms. The molecular weight excluding hydrogens is 288 g/mol. The SMILES string of the molecule is Fc1ccc(-c2cnc3c(cnn3CC(F)F)n2)c(F)c1. The molecule has 0 N–H and O–H groups in total. The van der Waals surface area contributed by atoms with E-state index in [2.05, 4.69) is 15.1 Å². The van der Waals surface area contributed by atoms with Crippen molar-refractivity contribution < 1.29 is 17.6 Å². The first-order valence-corrected chi connectivity index (χ1v) is 5.97. The molecule has 3 aromatic rings. The molecule has 8 heteroatoms. The Hall–Kier alpha value is -2.51. The van der Waals surface area contributed by atoms with E-state index >= 15 is 0 Å². The first-order valence-electron chi connectivity index (χ1n) is 5.97.